The van der Waals surface area contributed by atoms with Gasteiger partial charge in [0.15, 0.2) is 0 Å². The highest BCUT2D eigenvalue weighted by molar-refractivity contribution is 5.54. The van der Waals surface area contributed by atoms with Gasteiger partial charge in [-0.1, -0.05) is 6.07 Å². The topological polar surface area (TPSA) is 35.3 Å². The van der Waals surface area contributed by atoms with Crippen molar-refractivity contribution >= 4 is 0 Å². The van der Waals surface area contributed by atoms with Gasteiger partial charge in [-0.25, -0.2) is 9.37 Å². The Morgan fingerprint density at radius 1 is 1.33 bits per heavy atom. The maximum Gasteiger partial charge on any atom is 0.228 e. The Labute approximate surface area is 106 Å². The molecule has 0 aliphatic carbocycles. The first-order chi connectivity index (χ1) is 8.46. The lowest BCUT2D eigenvalue weighted by Crippen LogP contribution is -2.18. The van der Waals surface area contributed by atoms with Crippen LogP contribution in [-0.4, -0.2) is 10.6 Å². The molecule has 18 heavy (non-hydrogen) atoms. The summed E-state index contributed by atoms with van der Waals surface area (Å²) in [7, 11) is 0. The van der Waals surface area contributed by atoms with Crippen LogP contribution in [0.1, 0.15) is 26.3 Å². The number of ether oxygens (including phenoxy) is 1. The Bertz CT molecular complexity index is 515. The molecule has 1 aromatic carbocycles. The summed E-state index contributed by atoms with van der Waals surface area (Å²) in [5, 5.41) is 0. The summed E-state index contributed by atoms with van der Waals surface area (Å²) in [6.45, 7) is 6.27. The van der Waals surface area contributed by atoms with E-state index < -0.39 is 0 Å². The van der Waals surface area contributed by atoms with E-state index in [4.69, 9.17) is 9.15 Å². The quantitative estimate of drug-likeness (QED) is 0.830. The van der Waals surface area contributed by atoms with Crippen molar-refractivity contribution in [2.24, 2.45) is 0 Å². The molecule has 3 nitrogen and oxygen atoms in total. The van der Waals surface area contributed by atoms with E-state index in [-0.39, 0.29) is 17.3 Å². The molecule has 0 bridgehead atoms. The molecule has 0 radical (unpaired) electrons. The third-order valence-corrected chi connectivity index (χ3v) is 2.37. The van der Waals surface area contributed by atoms with E-state index >= 15 is 0 Å². The van der Waals surface area contributed by atoms with Gasteiger partial charge in [0.25, 0.3) is 0 Å². The Balaban J connectivity index is 2.15. The van der Waals surface area contributed by atoms with Gasteiger partial charge < -0.3 is 9.15 Å². The molecule has 2 rings (SSSR count). The number of benzene rings is 1. The molecule has 0 atom stereocenters. The third-order valence-electron chi connectivity index (χ3n) is 2.37. The van der Waals surface area contributed by atoms with Crippen LogP contribution in [0.15, 0.2) is 35.1 Å². The number of rotatable bonds is 3. The zero-order valence-electron chi connectivity index (χ0n) is 10.7. The van der Waals surface area contributed by atoms with E-state index in [0.29, 0.717) is 12.2 Å². The summed E-state index contributed by atoms with van der Waals surface area (Å²) < 4.78 is 24.5. The molecule has 0 aliphatic rings. The summed E-state index contributed by atoms with van der Waals surface area (Å²) in [5.41, 5.74) is 0.912. The fraction of sp³-hybridized carbons (Fsp3) is 0.357. The maximum absolute atomic E-state index is 13.9. The van der Waals surface area contributed by atoms with Gasteiger partial charge in [0.05, 0.1) is 24.0 Å². The van der Waals surface area contributed by atoms with Gasteiger partial charge in [-0.05, 0) is 38.5 Å². The zero-order valence-corrected chi connectivity index (χ0v) is 10.7. The minimum atomic E-state index is -0.354. The van der Waals surface area contributed by atoms with E-state index in [1.807, 2.05) is 26.8 Å². The van der Waals surface area contributed by atoms with Crippen LogP contribution in [0.2, 0.25) is 0 Å². The number of aromatic nitrogens is 1. The minimum absolute atomic E-state index is 0.238. The first-order valence-electron chi connectivity index (χ1n) is 5.78. The lowest BCUT2D eigenvalue weighted by atomic mass is 10.1. The zero-order chi connectivity index (χ0) is 13.2. The van der Waals surface area contributed by atoms with Gasteiger partial charge in [-0.3, -0.25) is 0 Å². The number of hydrogen-bond acceptors (Lipinski definition) is 3. The lowest BCUT2D eigenvalue weighted by Gasteiger charge is -2.19. The van der Waals surface area contributed by atoms with Gasteiger partial charge in [-0.2, -0.15) is 0 Å². The molecule has 0 N–H and O–H groups in total. The molecule has 4 heteroatoms. The average molecular weight is 249 g/mol. The monoisotopic (exact) mass is 249 g/mol. The van der Waals surface area contributed by atoms with E-state index in [2.05, 4.69) is 4.98 Å². The molecule has 0 saturated carbocycles. The summed E-state index contributed by atoms with van der Waals surface area (Å²) >= 11 is 0. The minimum Gasteiger partial charge on any atom is -0.444 e. The fourth-order valence-electron chi connectivity index (χ4n) is 1.48. The third kappa shape index (κ3) is 3.17. The molecule has 2 aromatic rings. The summed E-state index contributed by atoms with van der Waals surface area (Å²) in [4.78, 5) is 3.92. The predicted octanol–water partition coefficient (Wildman–Crippen LogP) is 3.80. The Kier molecular flexibility index (Phi) is 3.48. The summed E-state index contributed by atoms with van der Waals surface area (Å²) in [5.74, 6) is -0.0664. The number of oxazole rings is 1. The smallest absolute Gasteiger partial charge is 0.228 e. The highest BCUT2D eigenvalue weighted by atomic mass is 19.1. The Morgan fingerprint density at radius 2 is 2.11 bits per heavy atom. The van der Waals surface area contributed by atoms with Gasteiger partial charge in [0, 0.05) is 0 Å². The molecular weight excluding hydrogens is 233 g/mol. The molecule has 0 spiro atoms. The van der Waals surface area contributed by atoms with Crippen LogP contribution in [-0.2, 0) is 11.3 Å². The maximum atomic E-state index is 13.9. The van der Waals surface area contributed by atoms with Crippen molar-refractivity contribution in [3.8, 4) is 11.5 Å². The van der Waals surface area contributed by atoms with Crippen molar-refractivity contribution in [3.05, 3.63) is 42.0 Å². The summed E-state index contributed by atoms with van der Waals surface area (Å²) in [6.07, 6.45) is 2.91. The van der Waals surface area contributed by atoms with Crippen LogP contribution >= 0.6 is 0 Å². The highest BCUT2D eigenvalue weighted by Crippen LogP contribution is 2.22. The second-order valence-electron chi connectivity index (χ2n) is 5.05. The van der Waals surface area contributed by atoms with Crippen molar-refractivity contribution in [1.82, 2.24) is 4.98 Å². The van der Waals surface area contributed by atoms with Crippen molar-refractivity contribution in [2.45, 2.75) is 33.0 Å². The molecular formula is C14H16FNO2. The predicted molar refractivity (Wildman–Crippen MR) is 66.4 cm³/mol. The number of halogens is 1. The van der Waals surface area contributed by atoms with Crippen molar-refractivity contribution in [1.29, 1.82) is 0 Å². The highest BCUT2D eigenvalue weighted by Gasteiger charge is 2.13. The van der Waals surface area contributed by atoms with Crippen molar-refractivity contribution in [2.75, 3.05) is 0 Å². The van der Waals surface area contributed by atoms with Gasteiger partial charge in [-0.15, -0.1) is 0 Å². The number of nitrogens with zero attached hydrogens (tertiary/aromatic N) is 1. The lowest BCUT2D eigenvalue weighted by molar-refractivity contribution is -0.0150. The number of hydrogen-bond donors (Lipinski definition) is 0. The Morgan fingerprint density at radius 3 is 2.67 bits per heavy atom. The standard InChI is InChI=1S/C14H16FNO2/c1-14(2,3)18-9-10-4-5-11(12(15)8-10)13-16-6-7-17-13/h4-8H,9H2,1-3H3. The first kappa shape index (κ1) is 12.8. The second kappa shape index (κ2) is 4.90. The second-order valence-corrected chi connectivity index (χ2v) is 5.05. The molecule has 0 aliphatic heterocycles. The van der Waals surface area contributed by atoms with E-state index in [0.717, 1.165) is 5.56 Å². The van der Waals surface area contributed by atoms with Crippen molar-refractivity contribution < 1.29 is 13.5 Å². The molecule has 0 saturated heterocycles. The fourth-order valence-corrected chi connectivity index (χ4v) is 1.48. The van der Waals surface area contributed by atoms with Crippen LogP contribution < -0.4 is 0 Å². The van der Waals surface area contributed by atoms with Crippen LogP contribution in [0.5, 0.6) is 0 Å². The van der Waals surface area contributed by atoms with Crippen LogP contribution in [0, 0.1) is 5.82 Å². The molecule has 0 unspecified atom stereocenters. The van der Waals surface area contributed by atoms with Gasteiger partial charge in [0.1, 0.15) is 12.1 Å². The van der Waals surface area contributed by atoms with Gasteiger partial charge >= 0.3 is 0 Å². The first-order valence-corrected chi connectivity index (χ1v) is 5.78. The van der Waals surface area contributed by atoms with E-state index in [1.54, 1.807) is 6.07 Å². The van der Waals surface area contributed by atoms with Crippen LogP contribution in [0.4, 0.5) is 4.39 Å². The molecule has 0 amide bonds. The molecule has 96 valence electrons. The van der Waals surface area contributed by atoms with Gasteiger partial charge in [0.2, 0.25) is 5.89 Å². The van der Waals surface area contributed by atoms with E-state index in [9.17, 15) is 4.39 Å². The van der Waals surface area contributed by atoms with Crippen molar-refractivity contribution in [3.63, 3.8) is 0 Å². The van der Waals surface area contributed by atoms with Crippen LogP contribution in [0.25, 0.3) is 11.5 Å². The summed E-state index contributed by atoms with van der Waals surface area (Å²) in [6, 6.07) is 4.92. The molecule has 0 fully saturated rings. The SMILES string of the molecule is CC(C)(C)OCc1ccc(-c2ncco2)c(F)c1. The Hall–Kier alpha value is -1.68. The largest absolute Gasteiger partial charge is 0.444 e. The van der Waals surface area contributed by atoms with E-state index in [1.165, 1.54) is 18.5 Å². The van der Waals surface area contributed by atoms with Crippen LogP contribution in [0.3, 0.4) is 0 Å². The molecule has 1 aromatic heterocycles. The average Bonchev–Trinajstić information content (AvgIpc) is 2.79. The molecule has 1 heterocycles. The normalized spacial score (nSPS) is 11.8.